The fourth-order valence-electron chi connectivity index (χ4n) is 8.37. The zero-order valence-electron chi connectivity index (χ0n) is 36.5. The minimum absolute atomic E-state index is 0.00925. The molecule has 0 N–H and O–H groups in total. The highest BCUT2D eigenvalue weighted by Crippen LogP contribution is 2.40. The number of piperazine rings is 2. The lowest BCUT2D eigenvalue weighted by Gasteiger charge is -2.42. The molecule has 2 amide bonds. The van der Waals surface area contributed by atoms with Crippen LogP contribution in [0.5, 0.6) is 11.8 Å². The first-order valence-electron chi connectivity index (χ1n) is 21.1. The Labute approximate surface area is 353 Å². The molecule has 60 heavy (non-hydrogen) atoms. The van der Waals surface area contributed by atoms with E-state index in [-0.39, 0.29) is 60.9 Å². The molecule has 14 nitrogen and oxygen atoms in total. The Bertz CT molecular complexity index is 2200. The fourth-order valence-corrected chi connectivity index (χ4v) is 9.09. The Hall–Kier alpha value is -4.80. The van der Waals surface area contributed by atoms with E-state index in [1.54, 1.807) is 24.3 Å². The van der Waals surface area contributed by atoms with Gasteiger partial charge in [0.2, 0.25) is 0 Å². The van der Waals surface area contributed by atoms with Crippen molar-refractivity contribution in [3.8, 4) is 23.0 Å². The van der Waals surface area contributed by atoms with Crippen molar-refractivity contribution in [3.63, 3.8) is 0 Å². The number of nitrogens with zero attached hydrogens (tertiary/aromatic N) is 7. The number of likely N-dealkylation sites (N-methyl/N-ethyl adjacent to an activating group) is 1. The molecule has 3 aliphatic heterocycles. The summed E-state index contributed by atoms with van der Waals surface area (Å²) in [6.45, 7) is 17.5. The van der Waals surface area contributed by atoms with Crippen LogP contribution in [0.4, 0.5) is 19.8 Å². The lowest BCUT2D eigenvalue weighted by molar-refractivity contribution is 0.0122. The van der Waals surface area contributed by atoms with Crippen LogP contribution in [0, 0.1) is 5.82 Å². The first kappa shape index (κ1) is 43.3. The Morgan fingerprint density at radius 1 is 0.983 bits per heavy atom. The van der Waals surface area contributed by atoms with E-state index in [1.165, 1.54) is 0 Å². The molecule has 2 aromatic carbocycles. The third-order valence-electron chi connectivity index (χ3n) is 11.6. The molecule has 0 aliphatic carbocycles. The Morgan fingerprint density at radius 3 is 2.42 bits per heavy atom. The molecule has 0 radical (unpaired) electrons. The van der Waals surface area contributed by atoms with Crippen LogP contribution < -0.4 is 14.4 Å². The van der Waals surface area contributed by atoms with Gasteiger partial charge in [-0.1, -0.05) is 44.8 Å². The quantitative estimate of drug-likeness (QED) is 0.103. The molecule has 3 aliphatic rings. The number of carbonyl (C=O) groups is 2. The number of aryl methyl sites for hydroxylation is 1. The molecule has 324 valence electrons. The minimum atomic E-state index is -1.36. The Balaban J connectivity index is 1.25. The van der Waals surface area contributed by atoms with Crippen LogP contribution in [-0.4, -0.2) is 141 Å². The van der Waals surface area contributed by atoms with Gasteiger partial charge in [-0.05, 0) is 81.6 Å². The summed E-state index contributed by atoms with van der Waals surface area (Å²) in [7, 11) is 2.18. The standard InChI is InChI=1S/C44H60FN7O7Si/c1-10-28-12-11-13-29-20-33(58-27-55-6)21-34(36(28)29)38-37(45)39-35(22-46-38)40(51-23-30-14-15-31(24-51)52(30)43(54)59-44(2,3)4)48-41(47-39)57-26-32-25-50(17-16-49(32)5)42(53)56-18-19-60(7,8)9/h11-13,20-22,30-32H,10,14-19,23-27H2,1-9H3/t30?,31?,32-/m0/s1. The van der Waals surface area contributed by atoms with Gasteiger partial charge in [-0.25, -0.2) is 14.0 Å². The molecule has 2 aromatic heterocycles. The molecule has 2 bridgehead atoms. The molecule has 0 spiro atoms. The summed E-state index contributed by atoms with van der Waals surface area (Å²) in [6, 6.07) is 10.2. The lowest BCUT2D eigenvalue weighted by Crippen LogP contribution is -2.57. The number of fused-ring (bicyclic) bond motifs is 4. The van der Waals surface area contributed by atoms with Crippen molar-refractivity contribution in [1.82, 2.24) is 29.7 Å². The number of anilines is 1. The third kappa shape index (κ3) is 9.55. The lowest BCUT2D eigenvalue weighted by atomic mass is 9.95. The SMILES string of the molecule is CCc1cccc2cc(OCOC)cc(-c3ncc4c(N5CC6CCC(C5)N6C(=O)OC(C)(C)C)nc(OC[C@@H]5CN(C(=O)OCC[Si](C)(C)C)CCN5C)nc4c3F)c12. The van der Waals surface area contributed by atoms with Gasteiger partial charge in [0.15, 0.2) is 12.6 Å². The summed E-state index contributed by atoms with van der Waals surface area (Å²) in [5.41, 5.74) is 1.18. The van der Waals surface area contributed by atoms with Crippen LogP contribution in [-0.2, 0) is 20.6 Å². The van der Waals surface area contributed by atoms with Crippen LogP contribution in [0.2, 0.25) is 25.7 Å². The van der Waals surface area contributed by atoms with E-state index in [4.69, 9.17) is 38.6 Å². The second kappa shape index (κ2) is 17.7. The van der Waals surface area contributed by atoms with E-state index in [2.05, 4.69) is 36.4 Å². The molecule has 3 atom stereocenters. The molecular formula is C44H60FN7O7Si. The first-order chi connectivity index (χ1) is 28.5. The molecular weight excluding hydrogens is 786 g/mol. The monoisotopic (exact) mass is 845 g/mol. The van der Waals surface area contributed by atoms with E-state index in [0.717, 1.165) is 41.6 Å². The summed E-state index contributed by atoms with van der Waals surface area (Å²) in [6.07, 6.45) is 3.32. The number of hydrogen-bond acceptors (Lipinski definition) is 12. The largest absolute Gasteiger partial charge is 0.468 e. The van der Waals surface area contributed by atoms with Crippen LogP contribution >= 0.6 is 0 Å². The average molecular weight is 846 g/mol. The van der Waals surface area contributed by atoms with Crippen LogP contribution in [0.3, 0.4) is 0 Å². The van der Waals surface area contributed by atoms with Crippen molar-refractivity contribution in [2.75, 3.05) is 71.8 Å². The number of pyridine rings is 1. The highest BCUT2D eigenvalue weighted by atomic mass is 28.3. The molecule has 2 unspecified atom stereocenters. The first-order valence-corrected chi connectivity index (χ1v) is 24.8. The Kier molecular flexibility index (Phi) is 12.7. The maximum absolute atomic E-state index is 17.5. The van der Waals surface area contributed by atoms with Gasteiger partial charge in [-0.3, -0.25) is 14.8 Å². The normalized spacial score (nSPS) is 19.9. The number of halogens is 1. The third-order valence-corrected chi connectivity index (χ3v) is 13.3. The zero-order valence-corrected chi connectivity index (χ0v) is 37.5. The van der Waals surface area contributed by atoms with Gasteiger partial charge in [-0.15, -0.1) is 0 Å². The van der Waals surface area contributed by atoms with Gasteiger partial charge in [0.05, 0.1) is 30.1 Å². The van der Waals surface area contributed by atoms with Gasteiger partial charge < -0.3 is 33.5 Å². The Morgan fingerprint density at radius 2 is 1.73 bits per heavy atom. The van der Waals surface area contributed by atoms with Crippen molar-refractivity contribution >= 4 is 47.8 Å². The topological polar surface area (TPSA) is 132 Å². The molecule has 7 rings (SSSR count). The van der Waals surface area contributed by atoms with Gasteiger partial charge >= 0.3 is 18.2 Å². The second-order valence-corrected chi connectivity index (χ2v) is 24.0. The van der Waals surface area contributed by atoms with Crippen LogP contribution in [0.1, 0.15) is 46.1 Å². The number of aromatic nitrogens is 3. The molecule has 16 heteroatoms. The number of rotatable bonds is 12. The zero-order chi connectivity index (χ0) is 42.9. The van der Waals surface area contributed by atoms with Crippen molar-refractivity contribution in [2.24, 2.45) is 0 Å². The van der Waals surface area contributed by atoms with Crippen LogP contribution in [0.25, 0.3) is 32.9 Å². The predicted octanol–water partition coefficient (Wildman–Crippen LogP) is 7.59. The maximum atomic E-state index is 17.5. The molecule has 4 aromatic rings. The molecule has 0 saturated carbocycles. The van der Waals surface area contributed by atoms with Gasteiger partial charge in [0.1, 0.15) is 35.0 Å². The van der Waals surface area contributed by atoms with Gasteiger partial charge in [-0.2, -0.15) is 9.97 Å². The summed E-state index contributed by atoms with van der Waals surface area (Å²) in [4.78, 5) is 48.7. The smallest absolute Gasteiger partial charge is 0.410 e. The van der Waals surface area contributed by atoms with E-state index in [9.17, 15) is 9.59 Å². The van der Waals surface area contributed by atoms with Crippen molar-refractivity contribution in [3.05, 3.63) is 47.9 Å². The van der Waals surface area contributed by atoms with Crippen molar-refractivity contribution in [1.29, 1.82) is 0 Å². The van der Waals surface area contributed by atoms with E-state index < -0.39 is 19.5 Å². The summed E-state index contributed by atoms with van der Waals surface area (Å²) >= 11 is 0. The number of carbonyl (C=O) groups excluding carboxylic acids is 2. The summed E-state index contributed by atoms with van der Waals surface area (Å²) in [5.74, 6) is 0.384. The molecule has 5 heterocycles. The van der Waals surface area contributed by atoms with Crippen LogP contribution in [0.15, 0.2) is 36.5 Å². The number of amides is 2. The number of methoxy groups -OCH3 is 1. The number of ether oxygens (including phenoxy) is 5. The highest BCUT2D eigenvalue weighted by molar-refractivity contribution is 6.76. The summed E-state index contributed by atoms with van der Waals surface area (Å²) < 4.78 is 46.4. The number of benzene rings is 2. The second-order valence-electron chi connectivity index (χ2n) is 18.4. The van der Waals surface area contributed by atoms with E-state index >= 15 is 4.39 Å². The fraction of sp³-hybridized carbons (Fsp3) is 0.568. The molecule has 3 fully saturated rings. The van der Waals surface area contributed by atoms with Crippen molar-refractivity contribution in [2.45, 2.75) is 96.4 Å². The molecule has 3 saturated heterocycles. The van der Waals surface area contributed by atoms with Gasteiger partial charge in [0, 0.05) is 59.7 Å². The van der Waals surface area contributed by atoms with Gasteiger partial charge in [0.25, 0.3) is 0 Å². The average Bonchev–Trinajstić information content (AvgIpc) is 3.47. The minimum Gasteiger partial charge on any atom is -0.468 e. The maximum Gasteiger partial charge on any atom is 0.410 e. The van der Waals surface area contributed by atoms with E-state index in [1.807, 2.05) is 57.0 Å². The highest BCUT2D eigenvalue weighted by Gasteiger charge is 2.45. The van der Waals surface area contributed by atoms with Crippen molar-refractivity contribution < 1.29 is 37.7 Å². The van der Waals surface area contributed by atoms with E-state index in [0.29, 0.717) is 61.8 Å². The predicted molar refractivity (Wildman–Crippen MR) is 232 cm³/mol. The summed E-state index contributed by atoms with van der Waals surface area (Å²) in [5, 5.41) is 2.19. The number of hydrogen-bond donors (Lipinski definition) is 0.